The van der Waals surface area contributed by atoms with Crippen molar-refractivity contribution in [3.05, 3.63) is 18.2 Å². The van der Waals surface area contributed by atoms with Crippen LogP contribution in [0, 0.1) is 0 Å². The Morgan fingerprint density at radius 3 is 2.86 bits per heavy atom. The molecule has 1 aromatic carbocycles. The smallest absolute Gasteiger partial charge is 0.406 e. The van der Waals surface area contributed by atoms with Crippen molar-refractivity contribution in [1.82, 2.24) is 10.3 Å². The number of ether oxygens (including phenoxy) is 1. The first-order chi connectivity index (χ1) is 9.90. The van der Waals surface area contributed by atoms with E-state index in [9.17, 15) is 18.0 Å². The van der Waals surface area contributed by atoms with Crippen molar-refractivity contribution in [3.63, 3.8) is 0 Å². The van der Waals surface area contributed by atoms with E-state index in [0.717, 1.165) is 24.3 Å². The molecule has 1 aromatic heterocycles. The van der Waals surface area contributed by atoms with E-state index >= 15 is 0 Å². The number of amides is 1. The van der Waals surface area contributed by atoms with E-state index in [1.807, 2.05) is 0 Å². The van der Waals surface area contributed by atoms with Gasteiger partial charge in [0.15, 0.2) is 5.13 Å². The zero-order valence-electron chi connectivity index (χ0n) is 10.5. The lowest BCUT2D eigenvalue weighted by molar-refractivity contribution is -0.274. The van der Waals surface area contributed by atoms with Crippen LogP contribution in [0.2, 0.25) is 0 Å². The number of alkyl halides is 3. The number of carbonyl (C=O) groups excluding carboxylic acids is 1. The number of nitrogens with one attached hydrogen (secondary N) is 2. The van der Waals surface area contributed by atoms with Gasteiger partial charge in [-0.25, -0.2) is 4.98 Å². The Kier molecular flexibility index (Phi) is 3.46. The molecule has 1 saturated heterocycles. The fourth-order valence-electron chi connectivity index (χ4n) is 1.86. The Morgan fingerprint density at radius 2 is 2.24 bits per heavy atom. The minimum Gasteiger partial charge on any atom is -0.406 e. The van der Waals surface area contributed by atoms with Gasteiger partial charge in [0.05, 0.1) is 16.3 Å². The molecule has 21 heavy (non-hydrogen) atoms. The van der Waals surface area contributed by atoms with Crippen LogP contribution in [0.15, 0.2) is 18.2 Å². The zero-order valence-corrected chi connectivity index (χ0v) is 11.3. The highest BCUT2D eigenvalue weighted by atomic mass is 32.1. The van der Waals surface area contributed by atoms with Gasteiger partial charge in [0.2, 0.25) is 5.91 Å². The Labute approximate surface area is 121 Å². The molecular formula is C12H10F3N3O2S. The highest BCUT2D eigenvalue weighted by molar-refractivity contribution is 7.22. The first-order valence-corrected chi connectivity index (χ1v) is 6.93. The predicted molar refractivity (Wildman–Crippen MR) is 71.3 cm³/mol. The van der Waals surface area contributed by atoms with E-state index in [2.05, 4.69) is 20.4 Å². The van der Waals surface area contributed by atoms with Gasteiger partial charge in [0, 0.05) is 6.07 Å². The second-order valence-corrected chi connectivity index (χ2v) is 5.51. The Bertz CT molecular complexity index is 682. The Balaban J connectivity index is 1.77. The van der Waals surface area contributed by atoms with Crippen molar-refractivity contribution in [2.45, 2.75) is 18.8 Å². The van der Waals surface area contributed by atoms with Crippen molar-refractivity contribution < 1.29 is 22.7 Å². The van der Waals surface area contributed by atoms with Crippen molar-refractivity contribution in [3.8, 4) is 5.75 Å². The standard InChI is InChI=1S/C12H10F3N3O2S/c13-12(14,15)20-6-1-2-7-9(5-6)21-11(17-7)18-10(19)8-3-4-16-8/h1-2,5,8,16H,3-4H2,(H,17,18,19)/t8-/m1/s1. The zero-order chi connectivity index (χ0) is 15.0. The number of fused-ring (bicyclic) bond motifs is 1. The third-order valence-corrected chi connectivity index (χ3v) is 3.90. The summed E-state index contributed by atoms with van der Waals surface area (Å²) in [6.45, 7) is 0.802. The Hall–Kier alpha value is -1.87. The maximum atomic E-state index is 12.2. The largest absolute Gasteiger partial charge is 0.573 e. The monoisotopic (exact) mass is 317 g/mol. The van der Waals surface area contributed by atoms with E-state index in [1.54, 1.807) is 0 Å². The summed E-state index contributed by atoms with van der Waals surface area (Å²) in [4.78, 5) is 15.9. The van der Waals surface area contributed by atoms with E-state index in [0.29, 0.717) is 15.3 Å². The van der Waals surface area contributed by atoms with Crippen molar-refractivity contribution in [1.29, 1.82) is 0 Å². The number of carbonyl (C=O) groups is 1. The summed E-state index contributed by atoms with van der Waals surface area (Å²) in [6, 6.07) is 3.64. The molecule has 2 heterocycles. The molecule has 0 saturated carbocycles. The van der Waals surface area contributed by atoms with Crippen LogP contribution in [0.5, 0.6) is 5.75 Å². The summed E-state index contributed by atoms with van der Waals surface area (Å²) < 4.78 is 40.8. The van der Waals surface area contributed by atoms with Gasteiger partial charge in [-0.1, -0.05) is 11.3 Å². The molecule has 0 aliphatic carbocycles. The number of anilines is 1. The van der Waals surface area contributed by atoms with Crippen molar-refractivity contribution in [2.75, 3.05) is 11.9 Å². The van der Waals surface area contributed by atoms with Gasteiger partial charge < -0.3 is 15.4 Å². The number of aromatic nitrogens is 1. The molecule has 2 N–H and O–H groups in total. The number of rotatable bonds is 3. The molecule has 0 radical (unpaired) electrons. The molecule has 1 aliphatic rings. The lowest BCUT2D eigenvalue weighted by atomic mass is 10.1. The SMILES string of the molecule is O=C(Nc1nc2ccc(OC(F)(F)F)cc2s1)[C@H]1CCN1. The van der Waals surface area contributed by atoms with Crippen LogP contribution >= 0.6 is 11.3 Å². The van der Waals surface area contributed by atoms with Gasteiger partial charge in [-0.2, -0.15) is 0 Å². The summed E-state index contributed by atoms with van der Waals surface area (Å²) >= 11 is 1.10. The molecule has 0 spiro atoms. The minimum atomic E-state index is -4.73. The molecule has 5 nitrogen and oxygen atoms in total. The van der Waals surface area contributed by atoms with Crippen LogP contribution < -0.4 is 15.4 Å². The van der Waals surface area contributed by atoms with Crippen LogP contribution in [-0.4, -0.2) is 29.8 Å². The number of nitrogens with zero attached hydrogens (tertiary/aromatic N) is 1. The number of halogens is 3. The highest BCUT2D eigenvalue weighted by Gasteiger charge is 2.31. The second-order valence-electron chi connectivity index (χ2n) is 4.48. The summed E-state index contributed by atoms with van der Waals surface area (Å²) in [5, 5.41) is 5.95. The summed E-state index contributed by atoms with van der Waals surface area (Å²) in [7, 11) is 0. The number of hydrogen-bond acceptors (Lipinski definition) is 5. The quantitative estimate of drug-likeness (QED) is 0.913. The lowest BCUT2D eigenvalue weighted by Crippen LogP contribution is -2.50. The Morgan fingerprint density at radius 1 is 1.48 bits per heavy atom. The molecule has 2 aromatic rings. The number of hydrogen-bond donors (Lipinski definition) is 2. The van der Waals surface area contributed by atoms with Crippen LogP contribution in [-0.2, 0) is 4.79 Å². The molecule has 0 bridgehead atoms. The van der Waals surface area contributed by atoms with Crippen LogP contribution in [0.3, 0.4) is 0 Å². The van der Waals surface area contributed by atoms with Gasteiger partial charge in [0.25, 0.3) is 0 Å². The van der Waals surface area contributed by atoms with Crippen LogP contribution in [0.25, 0.3) is 10.2 Å². The molecule has 1 amide bonds. The maximum absolute atomic E-state index is 12.2. The number of thiazole rings is 1. The fraction of sp³-hybridized carbons (Fsp3) is 0.333. The minimum absolute atomic E-state index is 0.188. The van der Waals surface area contributed by atoms with E-state index in [-0.39, 0.29) is 17.7 Å². The van der Waals surface area contributed by atoms with Crippen molar-refractivity contribution in [2.24, 2.45) is 0 Å². The molecule has 1 atom stereocenters. The maximum Gasteiger partial charge on any atom is 0.573 e. The van der Waals surface area contributed by atoms with Gasteiger partial charge in [-0.3, -0.25) is 4.79 Å². The van der Waals surface area contributed by atoms with Crippen LogP contribution in [0.4, 0.5) is 18.3 Å². The average molecular weight is 317 g/mol. The summed E-state index contributed by atoms with van der Waals surface area (Å²) in [6.07, 6.45) is -3.97. The first-order valence-electron chi connectivity index (χ1n) is 6.11. The van der Waals surface area contributed by atoms with Gasteiger partial charge in [-0.05, 0) is 25.1 Å². The molecule has 0 unspecified atom stereocenters. The topological polar surface area (TPSA) is 63.2 Å². The molecule has 9 heteroatoms. The van der Waals surface area contributed by atoms with Gasteiger partial charge in [0.1, 0.15) is 5.75 Å². The molecule has 3 rings (SSSR count). The summed E-state index contributed by atoms with van der Waals surface area (Å²) in [5.41, 5.74) is 0.506. The lowest BCUT2D eigenvalue weighted by Gasteiger charge is -2.25. The third-order valence-electron chi connectivity index (χ3n) is 2.96. The third kappa shape index (κ3) is 3.24. The molecule has 112 valence electrons. The van der Waals surface area contributed by atoms with Gasteiger partial charge in [-0.15, -0.1) is 13.2 Å². The molecular weight excluding hydrogens is 307 g/mol. The number of benzene rings is 1. The van der Waals surface area contributed by atoms with E-state index in [4.69, 9.17) is 0 Å². The van der Waals surface area contributed by atoms with Crippen LogP contribution in [0.1, 0.15) is 6.42 Å². The van der Waals surface area contributed by atoms with E-state index < -0.39 is 6.36 Å². The predicted octanol–water partition coefficient (Wildman–Crippen LogP) is 2.50. The average Bonchev–Trinajstić information content (AvgIpc) is 2.65. The molecule has 1 aliphatic heterocycles. The fourth-order valence-corrected chi connectivity index (χ4v) is 2.76. The van der Waals surface area contributed by atoms with Crippen molar-refractivity contribution >= 4 is 32.6 Å². The first kappa shape index (κ1) is 14.1. The summed E-state index contributed by atoms with van der Waals surface area (Å²) in [5.74, 6) is -0.496. The van der Waals surface area contributed by atoms with E-state index in [1.165, 1.54) is 18.2 Å². The van der Waals surface area contributed by atoms with Gasteiger partial charge >= 0.3 is 6.36 Å². The normalized spacial score (nSPS) is 18.3. The highest BCUT2D eigenvalue weighted by Crippen LogP contribution is 2.31. The molecule has 1 fully saturated rings. The second kappa shape index (κ2) is 5.15.